The van der Waals surface area contributed by atoms with E-state index in [1.807, 2.05) is 18.2 Å². The number of nitrogens with zero attached hydrogens (tertiary/aromatic N) is 2. The third-order valence-electron chi connectivity index (χ3n) is 6.40. The molecule has 1 aromatic carbocycles. The standard InChI is InChI=1S/C23H37N3O5S/c1-17-12-18(2)15-26(14-17)32(28,29)25-11-5-6-20(16-25)23(27)24-10-9-19-7-8-21(30-3)22(13-19)31-4/h7-8,13,17-18,20H,5-6,9-12,14-16H2,1-4H3,(H,24,27)/t17-,18-,20-/m1/s1. The van der Waals surface area contributed by atoms with Gasteiger partial charge in [0, 0.05) is 32.7 Å². The van der Waals surface area contributed by atoms with Gasteiger partial charge in [0.05, 0.1) is 20.1 Å². The molecule has 1 aromatic rings. The van der Waals surface area contributed by atoms with Crippen molar-refractivity contribution in [3.63, 3.8) is 0 Å². The highest BCUT2D eigenvalue weighted by molar-refractivity contribution is 7.86. The van der Waals surface area contributed by atoms with Gasteiger partial charge < -0.3 is 14.8 Å². The van der Waals surface area contributed by atoms with Crippen LogP contribution in [-0.2, 0) is 21.4 Å². The second-order valence-electron chi connectivity index (χ2n) is 9.20. The van der Waals surface area contributed by atoms with Crippen LogP contribution in [0.3, 0.4) is 0 Å². The highest BCUT2D eigenvalue weighted by atomic mass is 32.2. The van der Waals surface area contributed by atoms with Crippen LogP contribution in [0.5, 0.6) is 11.5 Å². The summed E-state index contributed by atoms with van der Waals surface area (Å²) in [4.78, 5) is 12.8. The number of piperidine rings is 2. The first-order valence-electron chi connectivity index (χ1n) is 11.5. The molecule has 3 rings (SSSR count). The number of amides is 1. The molecule has 32 heavy (non-hydrogen) atoms. The van der Waals surface area contributed by atoms with E-state index in [9.17, 15) is 13.2 Å². The summed E-state index contributed by atoms with van der Waals surface area (Å²) in [6, 6.07) is 5.70. The average molecular weight is 468 g/mol. The molecule has 180 valence electrons. The van der Waals surface area contributed by atoms with E-state index in [1.165, 1.54) is 4.31 Å². The van der Waals surface area contributed by atoms with Gasteiger partial charge in [-0.05, 0) is 55.2 Å². The van der Waals surface area contributed by atoms with Crippen molar-refractivity contribution in [1.29, 1.82) is 0 Å². The third kappa shape index (κ3) is 5.94. The smallest absolute Gasteiger partial charge is 0.282 e. The molecule has 2 saturated heterocycles. The maximum absolute atomic E-state index is 13.2. The van der Waals surface area contributed by atoms with Crippen molar-refractivity contribution in [2.75, 3.05) is 46.9 Å². The Kier molecular flexibility index (Phi) is 8.41. The Labute approximate surface area is 192 Å². The van der Waals surface area contributed by atoms with E-state index in [1.54, 1.807) is 18.5 Å². The number of carbonyl (C=O) groups is 1. The van der Waals surface area contributed by atoms with E-state index in [4.69, 9.17) is 9.47 Å². The van der Waals surface area contributed by atoms with Gasteiger partial charge in [0.25, 0.3) is 10.2 Å². The molecule has 0 saturated carbocycles. The molecule has 0 aromatic heterocycles. The fraction of sp³-hybridized carbons (Fsp3) is 0.696. The zero-order valence-corrected chi connectivity index (χ0v) is 20.5. The van der Waals surface area contributed by atoms with Gasteiger partial charge in [-0.25, -0.2) is 0 Å². The van der Waals surface area contributed by atoms with E-state index >= 15 is 0 Å². The molecule has 8 nitrogen and oxygen atoms in total. The highest BCUT2D eigenvalue weighted by Gasteiger charge is 2.38. The first kappa shape index (κ1) is 24.8. The van der Waals surface area contributed by atoms with Gasteiger partial charge in [-0.1, -0.05) is 19.9 Å². The van der Waals surface area contributed by atoms with E-state index < -0.39 is 10.2 Å². The summed E-state index contributed by atoms with van der Waals surface area (Å²) in [5.74, 6) is 1.64. The molecule has 0 radical (unpaired) electrons. The largest absolute Gasteiger partial charge is 0.493 e. The molecule has 9 heteroatoms. The van der Waals surface area contributed by atoms with Gasteiger partial charge in [-0.3, -0.25) is 4.79 Å². The van der Waals surface area contributed by atoms with Crippen LogP contribution >= 0.6 is 0 Å². The predicted octanol–water partition coefficient (Wildman–Crippen LogP) is 2.30. The first-order valence-corrected chi connectivity index (χ1v) is 12.9. The molecular weight excluding hydrogens is 430 g/mol. The van der Waals surface area contributed by atoms with Crippen molar-refractivity contribution < 1.29 is 22.7 Å². The van der Waals surface area contributed by atoms with Crippen LogP contribution in [0.15, 0.2) is 18.2 Å². The van der Waals surface area contributed by atoms with E-state index in [-0.39, 0.29) is 18.4 Å². The number of rotatable bonds is 8. The number of nitrogens with one attached hydrogen (secondary N) is 1. The number of carbonyl (C=O) groups excluding carboxylic acids is 1. The van der Waals surface area contributed by atoms with E-state index in [2.05, 4.69) is 19.2 Å². The zero-order chi connectivity index (χ0) is 23.3. The number of hydrogen-bond donors (Lipinski definition) is 1. The minimum atomic E-state index is -3.53. The Balaban J connectivity index is 1.54. The summed E-state index contributed by atoms with van der Waals surface area (Å²) < 4.78 is 40.1. The molecule has 0 aliphatic carbocycles. The lowest BCUT2D eigenvalue weighted by Crippen LogP contribution is -2.53. The lowest BCUT2D eigenvalue weighted by Gasteiger charge is -2.39. The third-order valence-corrected chi connectivity index (χ3v) is 8.34. The fourth-order valence-electron chi connectivity index (χ4n) is 4.83. The molecule has 2 aliphatic rings. The topological polar surface area (TPSA) is 88.2 Å². The summed E-state index contributed by atoms with van der Waals surface area (Å²) >= 11 is 0. The van der Waals surface area contributed by atoms with Crippen molar-refractivity contribution in [2.24, 2.45) is 17.8 Å². The van der Waals surface area contributed by atoms with Gasteiger partial charge in [-0.2, -0.15) is 17.0 Å². The number of ether oxygens (including phenoxy) is 2. The van der Waals surface area contributed by atoms with Gasteiger partial charge in [0.2, 0.25) is 5.91 Å². The van der Waals surface area contributed by atoms with Crippen molar-refractivity contribution in [1.82, 2.24) is 13.9 Å². The summed E-state index contributed by atoms with van der Waals surface area (Å²) in [5.41, 5.74) is 1.03. The Morgan fingerprint density at radius 3 is 2.41 bits per heavy atom. The second kappa shape index (κ2) is 10.9. The molecule has 0 unspecified atom stereocenters. The Hall–Kier alpha value is -1.84. The molecule has 2 aliphatic heterocycles. The quantitative estimate of drug-likeness (QED) is 0.634. The fourth-order valence-corrected chi connectivity index (χ4v) is 6.77. The predicted molar refractivity (Wildman–Crippen MR) is 124 cm³/mol. The lowest BCUT2D eigenvalue weighted by molar-refractivity contribution is -0.126. The zero-order valence-electron chi connectivity index (χ0n) is 19.7. The van der Waals surface area contributed by atoms with Crippen LogP contribution in [0.2, 0.25) is 0 Å². The molecule has 1 amide bonds. The summed E-state index contributed by atoms with van der Waals surface area (Å²) in [7, 11) is -0.344. The number of methoxy groups -OCH3 is 2. The minimum Gasteiger partial charge on any atom is -0.493 e. The Morgan fingerprint density at radius 1 is 1.06 bits per heavy atom. The number of hydrogen-bond acceptors (Lipinski definition) is 5. The first-order chi connectivity index (χ1) is 15.2. The second-order valence-corrected chi connectivity index (χ2v) is 11.1. The molecule has 1 N–H and O–H groups in total. The van der Waals surface area contributed by atoms with Crippen molar-refractivity contribution in [3.05, 3.63) is 23.8 Å². The van der Waals surface area contributed by atoms with Crippen molar-refractivity contribution in [2.45, 2.75) is 39.5 Å². The van der Waals surface area contributed by atoms with Crippen LogP contribution in [0.4, 0.5) is 0 Å². The lowest BCUT2D eigenvalue weighted by atomic mass is 9.94. The molecule has 2 heterocycles. The monoisotopic (exact) mass is 467 g/mol. The van der Waals surface area contributed by atoms with Gasteiger partial charge in [-0.15, -0.1) is 0 Å². The van der Waals surface area contributed by atoms with Crippen LogP contribution in [0.25, 0.3) is 0 Å². The van der Waals surface area contributed by atoms with Gasteiger partial charge in [0.15, 0.2) is 11.5 Å². The van der Waals surface area contributed by atoms with Crippen LogP contribution in [0.1, 0.15) is 38.7 Å². The molecular formula is C23H37N3O5S. The van der Waals surface area contributed by atoms with Crippen LogP contribution < -0.4 is 14.8 Å². The maximum atomic E-state index is 13.2. The summed E-state index contributed by atoms with van der Waals surface area (Å²) in [6.45, 7) is 6.54. The molecule has 0 bridgehead atoms. The molecule has 2 fully saturated rings. The highest BCUT2D eigenvalue weighted by Crippen LogP contribution is 2.29. The maximum Gasteiger partial charge on any atom is 0.282 e. The minimum absolute atomic E-state index is 0.0780. The Morgan fingerprint density at radius 2 is 1.75 bits per heavy atom. The summed E-state index contributed by atoms with van der Waals surface area (Å²) in [6.07, 6.45) is 3.12. The molecule has 0 spiro atoms. The van der Waals surface area contributed by atoms with Gasteiger partial charge >= 0.3 is 0 Å². The average Bonchev–Trinajstić information content (AvgIpc) is 2.78. The van der Waals surface area contributed by atoms with E-state index in [0.717, 1.165) is 12.0 Å². The van der Waals surface area contributed by atoms with Crippen LogP contribution in [-0.4, -0.2) is 69.9 Å². The van der Waals surface area contributed by atoms with Crippen molar-refractivity contribution in [3.8, 4) is 11.5 Å². The normalized spacial score (nSPS) is 25.3. The Bertz CT molecular complexity index is 882. The molecule has 3 atom stereocenters. The number of benzene rings is 1. The SMILES string of the molecule is COc1ccc(CCNC(=O)[C@@H]2CCCN(S(=O)(=O)N3C[C@H](C)C[C@@H](C)C3)C2)cc1OC. The van der Waals surface area contributed by atoms with Crippen molar-refractivity contribution >= 4 is 16.1 Å². The van der Waals surface area contributed by atoms with Crippen LogP contribution in [0, 0.1) is 17.8 Å². The summed E-state index contributed by atoms with van der Waals surface area (Å²) in [5, 5.41) is 2.99. The van der Waals surface area contributed by atoms with Gasteiger partial charge in [0.1, 0.15) is 0 Å². The van der Waals surface area contributed by atoms with E-state index in [0.29, 0.717) is 68.8 Å².